The molecule has 0 spiro atoms. The van der Waals surface area contributed by atoms with Crippen LogP contribution in [0.25, 0.3) is 0 Å². The monoisotopic (exact) mass is 328 g/mol. The van der Waals surface area contributed by atoms with Crippen LogP contribution in [0.3, 0.4) is 0 Å². The maximum atomic E-state index is 12.6. The first-order valence-corrected chi connectivity index (χ1v) is 7.37. The van der Waals surface area contributed by atoms with Gasteiger partial charge in [-0.1, -0.05) is 17.7 Å². The molecule has 1 aliphatic rings. The number of halogens is 3. The van der Waals surface area contributed by atoms with Crippen LogP contribution in [0.5, 0.6) is 0 Å². The Labute approximate surface area is 132 Å². The highest BCUT2D eigenvalue weighted by molar-refractivity contribution is 5.99. The van der Waals surface area contributed by atoms with Crippen LogP contribution in [-0.2, 0) is 9.59 Å². The predicted molar refractivity (Wildman–Crippen MR) is 80.1 cm³/mol. The van der Waals surface area contributed by atoms with Crippen LogP contribution in [0.4, 0.5) is 18.9 Å². The molecule has 126 valence electrons. The molecule has 4 nitrogen and oxygen atoms in total. The number of hydrogen-bond donors (Lipinski definition) is 1. The average Bonchev–Trinajstić information content (AvgIpc) is 2.89. The number of amides is 2. The molecule has 1 unspecified atom stereocenters. The van der Waals surface area contributed by atoms with Gasteiger partial charge in [-0.05, 0) is 44.7 Å². The van der Waals surface area contributed by atoms with Crippen molar-refractivity contribution in [3.05, 3.63) is 28.8 Å². The summed E-state index contributed by atoms with van der Waals surface area (Å²) in [5, 5.41) is 2.68. The number of alkyl halides is 3. The summed E-state index contributed by atoms with van der Waals surface area (Å²) in [6, 6.07) is 2.69. The van der Waals surface area contributed by atoms with Crippen LogP contribution in [0.1, 0.15) is 29.5 Å². The molecule has 1 N–H and O–H groups in total. The molecule has 1 atom stereocenters. The molecule has 7 heteroatoms. The zero-order chi connectivity index (χ0) is 17.4. The fraction of sp³-hybridized carbons (Fsp3) is 0.500. The quantitative estimate of drug-likeness (QED) is 0.907. The van der Waals surface area contributed by atoms with Crippen molar-refractivity contribution in [3.63, 3.8) is 0 Å². The zero-order valence-electron chi connectivity index (χ0n) is 13.3. The van der Waals surface area contributed by atoms with E-state index in [-0.39, 0.29) is 13.0 Å². The van der Waals surface area contributed by atoms with E-state index in [2.05, 4.69) is 5.32 Å². The fourth-order valence-electron chi connectivity index (χ4n) is 3.03. The first-order valence-electron chi connectivity index (χ1n) is 7.37. The highest BCUT2D eigenvalue weighted by Gasteiger charge is 2.47. The molecule has 23 heavy (non-hydrogen) atoms. The van der Waals surface area contributed by atoms with E-state index in [4.69, 9.17) is 0 Å². The van der Waals surface area contributed by atoms with Gasteiger partial charge in [0.25, 0.3) is 0 Å². The predicted octanol–water partition coefficient (Wildman–Crippen LogP) is 3.10. The van der Waals surface area contributed by atoms with Crippen LogP contribution in [0.15, 0.2) is 12.1 Å². The first kappa shape index (κ1) is 17.3. The molecule has 1 aliphatic heterocycles. The molecule has 1 aromatic rings. The number of carbonyl (C=O) groups excluding carboxylic acids is 2. The number of carbonyl (C=O) groups is 2. The standard InChI is InChI=1S/C16H19F3N2O2/c1-9-7-10(2)13(11(3)8-9)20-14(22)12-5-4-6-21(12)15(23)16(17,18)19/h7-8,12H,4-6H2,1-3H3,(H,20,22). The van der Waals surface area contributed by atoms with Crippen LogP contribution in [0, 0.1) is 20.8 Å². The number of benzene rings is 1. The van der Waals surface area contributed by atoms with Gasteiger partial charge in [0.1, 0.15) is 6.04 Å². The summed E-state index contributed by atoms with van der Waals surface area (Å²) < 4.78 is 37.8. The second-order valence-corrected chi connectivity index (χ2v) is 5.92. The van der Waals surface area contributed by atoms with Gasteiger partial charge in [0.15, 0.2) is 0 Å². The SMILES string of the molecule is Cc1cc(C)c(NC(=O)C2CCCN2C(=O)C(F)(F)F)c(C)c1. The van der Waals surface area contributed by atoms with E-state index >= 15 is 0 Å². The third kappa shape index (κ3) is 3.65. The van der Waals surface area contributed by atoms with E-state index < -0.39 is 24.0 Å². The van der Waals surface area contributed by atoms with Crippen molar-refractivity contribution in [1.29, 1.82) is 0 Å². The second kappa shape index (κ2) is 6.22. The lowest BCUT2D eigenvalue weighted by atomic mass is 10.0. The minimum Gasteiger partial charge on any atom is -0.324 e. The topological polar surface area (TPSA) is 49.4 Å². The summed E-state index contributed by atoms with van der Waals surface area (Å²) in [5.74, 6) is -2.53. The van der Waals surface area contributed by atoms with Gasteiger partial charge in [-0.25, -0.2) is 0 Å². The molecule has 2 rings (SSSR count). The number of aryl methyl sites for hydroxylation is 3. The zero-order valence-corrected chi connectivity index (χ0v) is 13.3. The van der Waals surface area contributed by atoms with Gasteiger partial charge in [-0.2, -0.15) is 13.2 Å². The van der Waals surface area contributed by atoms with Crippen molar-refractivity contribution in [2.24, 2.45) is 0 Å². The Balaban J connectivity index is 2.19. The highest BCUT2D eigenvalue weighted by Crippen LogP contribution is 2.28. The number of anilines is 1. The van der Waals surface area contributed by atoms with Crippen LogP contribution < -0.4 is 5.32 Å². The molecule has 1 saturated heterocycles. The van der Waals surface area contributed by atoms with E-state index in [9.17, 15) is 22.8 Å². The number of rotatable bonds is 2. The molecular formula is C16H19F3N2O2. The van der Waals surface area contributed by atoms with Crippen LogP contribution in [-0.4, -0.2) is 35.5 Å². The molecule has 0 bridgehead atoms. The Morgan fingerprint density at radius 1 is 1.17 bits per heavy atom. The summed E-state index contributed by atoms with van der Waals surface area (Å²) in [6.07, 6.45) is -4.35. The molecule has 1 fully saturated rings. The maximum Gasteiger partial charge on any atom is 0.471 e. The van der Waals surface area contributed by atoms with Crippen LogP contribution in [0.2, 0.25) is 0 Å². The van der Waals surface area contributed by atoms with Gasteiger partial charge in [0.2, 0.25) is 5.91 Å². The Hall–Kier alpha value is -2.05. The molecule has 2 amide bonds. The fourth-order valence-corrected chi connectivity index (χ4v) is 3.03. The molecule has 0 aromatic heterocycles. The summed E-state index contributed by atoms with van der Waals surface area (Å²) in [6.45, 7) is 5.51. The van der Waals surface area contributed by atoms with Crippen molar-refractivity contribution in [1.82, 2.24) is 4.90 Å². The number of nitrogens with one attached hydrogen (secondary N) is 1. The van der Waals surface area contributed by atoms with Crippen molar-refractivity contribution in [2.45, 2.75) is 45.8 Å². The Morgan fingerprint density at radius 3 is 2.26 bits per heavy atom. The average molecular weight is 328 g/mol. The lowest BCUT2D eigenvalue weighted by Gasteiger charge is -2.25. The van der Waals surface area contributed by atoms with Gasteiger partial charge < -0.3 is 10.2 Å². The lowest BCUT2D eigenvalue weighted by Crippen LogP contribution is -2.48. The highest BCUT2D eigenvalue weighted by atomic mass is 19.4. The molecule has 1 aromatic carbocycles. The summed E-state index contributed by atoms with van der Waals surface area (Å²) in [7, 11) is 0. The third-order valence-electron chi connectivity index (χ3n) is 3.98. The maximum absolute atomic E-state index is 12.6. The first-order chi connectivity index (χ1) is 10.6. The van der Waals surface area contributed by atoms with E-state index in [0.717, 1.165) is 16.7 Å². The second-order valence-electron chi connectivity index (χ2n) is 5.92. The Bertz CT molecular complexity index is 618. The summed E-state index contributed by atoms with van der Waals surface area (Å²) in [4.78, 5) is 24.4. The Kier molecular flexibility index (Phi) is 4.68. The normalized spacial score (nSPS) is 18.2. The number of hydrogen-bond acceptors (Lipinski definition) is 2. The van der Waals surface area contributed by atoms with Crippen molar-refractivity contribution >= 4 is 17.5 Å². The lowest BCUT2D eigenvalue weighted by molar-refractivity contribution is -0.186. The number of nitrogens with zero attached hydrogens (tertiary/aromatic N) is 1. The molecular weight excluding hydrogens is 309 g/mol. The van der Waals surface area contributed by atoms with E-state index in [1.807, 2.05) is 32.9 Å². The minimum absolute atomic E-state index is 0.0533. The summed E-state index contributed by atoms with van der Waals surface area (Å²) >= 11 is 0. The van der Waals surface area contributed by atoms with Gasteiger partial charge in [0, 0.05) is 12.2 Å². The van der Waals surface area contributed by atoms with E-state index in [0.29, 0.717) is 17.0 Å². The smallest absolute Gasteiger partial charge is 0.324 e. The van der Waals surface area contributed by atoms with Gasteiger partial charge in [-0.15, -0.1) is 0 Å². The molecule has 1 heterocycles. The largest absolute Gasteiger partial charge is 0.471 e. The van der Waals surface area contributed by atoms with E-state index in [1.54, 1.807) is 0 Å². The minimum atomic E-state index is -4.96. The third-order valence-corrected chi connectivity index (χ3v) is 3.98. The molecule has 0 saturated carbocycles. The molecule has 0 aliphatic carbocycles. The van der Waals surface area contributed by atoms with Gasteiger partial charge >= 0.3 is 12.1 Å². The van der Waals surface area contributed by atoms with Crippen molar-refractivity contribution in [3.8, 4) is 0 Å². The number of likely N-dealkylation sites (tertiary alicyclic amines) is 1. The van der Waals surface area contributed by atoms with Crippen molar-refractivity contribution in [2.75, 3.05) is 11.9 Å². The summed E-state index contributed by atoms with van der Waals surface area (Å²) in [5.41, 5.74) is 3.30. The Morgan fingerprint density at radius 2 is 1.74 bits per heavy atom. The van der Waals surface area contributed by atoms with Gasteiger partial charge in [0.05, 0.1) is 0 Å². The van der Waals surface area contributed by atoms with Gasteiger partial charge in [-0.3, -0.25) is 9.59 Å². The molecule has 0 radical (unpaired) electrons. The van der Waals surface area contributed by atoms with E-state index in [1.165, 1.54) is 0 Å². The van der Waals surface area contributed by atoms with Crippen LogP contribution >= 0.6 is 0 Å². The van der Waals surface area contributed by atoms with Crippen molar-refractivity contribution < 1.29 is 22.8 Å².